The summed E-state index contributed by atoms with van der Waals surface area (Å²) in [5.41, 5.74) is 0.651. The van der Waals surface area contributed by atoms with Crippen molar-refractivity contribution in [1.82, 2.24) is 0 Å². The van der Waals surface area contributed by atoms with Gasteiger partial charge in [0.25, 0.3) is 0 Å². The Balaban J connectivity index is 2.22. The Morgan fingerprint density at radius 2 is 0.731 bits per heavy atom. The molecule has 3 rings (SSSR count). The molecule has 0 saturated heterocycles. The van der Waals surface area contributed by atoms with Gasteiger partial charge in [0, 0.05) is 0 Å². The Kier molecular flexibility index (Phi) is 5.34. The Morgan fingerprint density at radius 1 is 0.500 bits per heavy atom. The number of rotatable bonds is 3. The third-order valence-electron chi connectivity index (χ3n) is 4.19. The van der Waals surface area contributed by atoms with E-state index in [1.165, 1.54) is 15.9 Å². The standard InChI is InChI=1S/C24H15PSe/c1-4-19-7-13-22(14-8-19)25(26,23-15-9-20(5-2)10-16-23)24-17-11-21(6-3)12-18-24/h1-3,7-18H. The fraction of sp³-hybridized carbons (Fsp3) is 0. The molecular weight excluding hydrogens is 398 g/mol. The SMILES string of the molecule is C#Cc1ccc(P(=[Se])(c2ccc(C#C)cc2)c2ccc(C#C)cc2)cc1. The van der Waals surface area contributed by atoms with Crippen molar-refractivity contribution in [1.29, 1.82) is 0 Å². The van der Waals surface area contributed by atoms with Gasteiger partial charge in [-0.05, 0) is 0 Å². The molecule has 122 valence electrons. The third-order valence-corrected chi connectivity index (χ3v) is 11.2. The molecule has 0 amide bonds. The van der Waals surface area contributed by atoms with Crippen LogP contribution in [0.2, 0.25) is 0 Å². The van der Waals surface area contributed by atoms with E-state index in [0.29, 0.717) is 0 Å². The van der Waals surface area contributed by atoms with Crippen molar-refractivity contribution >= 4 is 36.5 Å². The molecule has 0 aliphatic carbocycles. The normalized spacial score (nSPS) is 10.3. The van der Waals surface area contributed by atoms with Crippen LogP contribution in [0.15, 0.2) is 72.8 Å². The molecule has 0 nitrogen and oxygen atoms in total. The van der Waals surface area contributed by atoms with Crippen molar-refractivity contribution in [2.75, 3.05) is 0 Å². The maximum absolute atomic E-state index is 5.51. The van der Waals surface area contributed by atoms with Crippen molar-refractivity contribution in [3.63, 3.8) is 0 Å². The van der Waals surface area contributed by atoms with Crippen LogP contribution in [0, 0.1) is 37.0 Å². The fourth-order valence-corrected chi connectivity index (χ4v) is 7.65. The van der Waals surface area contributed by atoms with Crippen molar-refractivity contribution < 1.29 is 0 Å². The summed E-state index contributed by atoms with van der Waals surface area (Å²) in [6.07, 6.45) is 16.5. The number of benzene rings is 3. The van der Waals surface area contributed by atoms with Crippen molar-refractivity contribution in [3.05, 3.63) is 89.5 Å². The van der Waals surface area contributed by atoms with Crippen molar-refractivity contribution in [2.24, 2.45) is 0 Å². The molecular formula is C24H15PSe. The summed E-state index contributed by atoms with van der Waals surface area (Å²) in [6.45, 7) is 0. The molecule has 0 aliphatic rings. The first-order valence-electron chi connectivity index (χ1n) is 7.93. The summed E-state index contributed by atoms with van der Waals surface area (Å²) in [5, 5.41) is 3.62. The summed E-state index contributed by atoms with van der Waals surface area (Å²) >= 11 is 3.51. The van der Waals surface area contributed by atoms with Gasteiger partial charge in [0.1, 0.15) is 0 Å². The van der Waals surface area contributed by atoms with Gasteiger partial charge in [-0.2, -0.15) is 0 Å². The van der Waals surface area contributed by atoms with Crippen LogP contribution in [-0.4, -0.2) is 15.1 Å². The van der Waals surface area contributed by atoms with Crippen LogP contribution in [0.25, 0.3) is 0 Å². The van der Waals surface area contributed by atoms with E-state index in [4.69, 9.17) is 19.3 Å². The quantitative estimate of drug-likeness (QED) is 0.352. The van der Waals surface area contributed by atoms with Crippen LogP contribution < -0.4 is 15.9 Å². The van der Waals surface area contributed by atoms with Crippen LogP contribution in [0.5, 0.6) is 0 Å². The van der Waals surface area contributed by atoms with Crippen molar-refractivity contribution in [3.8, 4) is 37.0 Å². The van der Waals surface area contributed by atoms with Gasteiger partial charge in [-0.1, -0.05) is 0 Å². The molecule has 2 heteroatoms. The van der Waals surface area contributed by atoms with E-state index in [1.807, 2.05) is 36.4 Å². The number of hydrogen-bond donors (Lipinski definition) is 0. The molecule has 0 bridgehead atoms. The van der Waals surface area contributed by atoms with E-state index < -0.39 is 5.51 Å². The second kappa shape index (κ2) is 7.67. The summed E-state index contributed by atoms with van der Waals surface area (Å²) in [7, 11) is 0. The molecule has 0 spiro atoms. The van der Waals surface area contributed by atoms with Crippen LogP contribution >= 0.6 is 5.51 Å². The summed E-state index contributed by atoms with van der Waals surface area (Å²) in [6, 6.07) is 24.5. The topological polar surface area (TPSA) is 0 Å². The van der Waals surface area contributed by atoms with Gasteiger partial charge in [0.15, 0.2) is 0 Å². The Bertz CT molecular complexity index is 952. The molecule has 0 heterocycles. The van der Waals surface area contributed by atoms with Gasteiger partial charge in [-0.15, -0.1) is 0 Å². The zero-order valence-electron chi connectivity index (χ0n) is 14.0. The van der Waals surface area contributed by atoms with Gasteiger partial charge < -0.3 is 0 Å². The predicted molar refractivity (Wildman–Crippen MR) is 115 cm³/mol. The Morgan fingerprint density at radius 3 is 0.923 bits per heavy atom. The van der Waals surface area contributed by atoms with E-state index in [0.717, 1.165) is 16.7 Å². The second-order valence-electron chi connectivity index (χ2n) is 5.68. The van der Waals surface area contributed by atoms with Gasteiger partial charge >= 0.3 is 163 Å². The zero-order valence-corrected chi connectivity index (χ0v) is 16.6. The first-order valence-corrected chi connectivity index (χ1v) is 11.9. The predicted octanol–water partition coefficient (Wildman–Crippen LogP) is 3.01. The maximum atomic E-state index is 5.51. The summed E-state index contributed by atoms with van der Waals surface area (Å²) < 4.78 is 0. The molecule has 0 fully saturated rings. The first-order chi connectivity index (χ1) is 12.6. The van der Waals surface area contributed by atoms with Gasteiger partial charge in [-0.25, -0.2) is 0 Å². The number of hydrogen-bond acceptors (Lipinski definition) is 0. The van der Waals surface area contributed by atoms with Gasteiger partial charge in [-0.3, -0.25) is 0 Å². The Labute approximate surface area is 162 Å². The fourth-order valence-electron chi connectivity index (χ4n) is 2.75. The van der Waals surface area contributed by atoms with E-state index in [2.05, 4.69) is 69.3 Å². The number of terminal acetylenes is 3. The van der Waals surface area contributed by atoms with Crippen LogP contribution in [-0.2, 0) is 0 Å². The molecule has 3 aromatic carbocycles. The minimum atomic E-state index is -1.95. The zero-order chi connectivity index (χ0) is 18.6. The molecule has 0 radical (unpaired) electrons. The van der Waals surface area contributed by atoms with Crippen LogP contribution in [0.1, 0.15) is 16.7 Å². The summed E-state index contributed by atoms with van der Waals surface area (Å²) in [4.78, 5) is 0. The van der Waals surface area contributed by atoms with Crippen LogP contribution in [0.4, 0.5) is 0 Å². The van der Waals surface area contributed by atoms with E-state index in [-0.39, 0.29) is 0 Å². The third kappa shape index (κ3) is 3.33. The molecule has 0 N–H and O–H groups in total. The molecule has 0 aromatic heterocycles. The van der Waals surface area contributed by atoms with E-state index >= 15 is 0 Å². The molecule has 3 aromatic rings. The molecule has 0 unspecified atom stereocenters. The van der Waals surface area contributed by atoms with Crippen molar-refractivity contribution in [2.45, 2.75) is 0 Å². The van der Waals surface area contributed by atoms with E-state index in [1.54, 1.807) is 0 Å². The van der Waals surface area contributed by atoms with E-state index in [9.17, 15) is 0 Å². The second-order valence-corrected chi connectivity index (χ2v) is 11.9. The Hall–Kier alpha value is -2.71. The molecule has 0 atom stereocenters. The van der Waals surface area contributed by atoms with Gasteiger partial charge in [0.2, 0.25) is 0 Å². The molecule has 26 heavy (non-hydrogen) atoms. The average Bonchev–Trinajstić information content (AvgIpc) is 2.73. The minimum absolute atomic E-state index is 0.866. The van der Waals surface area contributed by atoms with Gasteiger partial charge in [0.05, 0.1) is 0 Å². The first kappa shape index (κ1) is 18.1. The molecule has 0 aliphatic heterocycles. The molecule has 0 saturated carbocycles. The monoisotopic (exact) mass is 414 g/mol. The average molecular weight is 413 g/mol. The summed E-state index contributed by atoms with van der Waals surface area (Å²) in [5.74, 6) is 8.02. The van der Waals surface area contributed by atoms with Crippen LogP contribution in [0.3, 0.4) is 0 Å².